The highest BCUT2D eigenvalue weighted by Crippen LogP contribution is 2.39. The Morgan fingerprint density at radius 1 is 1.05 bits per heavy atom. The fourth-order valence-corrected chi connectivity index (χ4v) is 1.86. The van der Waals surface area contributed by atoms with Crippen LogP contribution in [0.15, 0.2) is 30.3 Å². The number of ether oxygens (including phenoxy) is 3. The van der Waals surface area contributed by atoms with Crippen LogP contribution in [0.1, 0.15) is 11.3 Å². The number of nitrogens with zero attached hydrogens (tertiary/aromatic N) is 1. The summed E-state index contributed by atoms with van der Waals surface area (Å²) in [4.78, 5) is 4.38. The van der Waals surface area contributed by atoms with E-state index in [9.17, 15) is 0 Å². The van der Waals surface area contributed by atoms with Crippen LogP contribution in [0.25, 0.3) is 0 Å². The van der Waals surface area contributed by atoms with E-state index < -0.39 is 0 Å². The molecule has 5 nitrogen and oxygen atoms in total. The van der Waals surface area contributed by atoms with Crippen LogP contribution in [0, 0.1) is 6.92 Å². The molecule has 0 atom stereocenters. The molecule has 0 saturated carbocycles. The van der Waals surface area contributed by atoms with Crippen LogP contribution >= 0.6 is 0 Å². The smallest absolute Gasteiger partial charge is 0.219 e. The summed E-state index contributed by atoms with van der Waals surface area (Å²) in [6, 6.07) is 9.12. The number of rotatable bonds is 5. The van der Waals surface area contributed by atoms with Crippen molar-refractivity contribution < 1.29 is 14.2 Å². The molecule has 0 spiro atoms. The largest absolute Gasteiger partial charge is 0.493 e. The number of hydrogen-bond acceptors (Lipinski definition) is 5. The maximum atomic E-state index is 5.80. The topological polar surface area (TPSA) is 66.6 Å². The zero-order valence-electron chi connectivity index (χ0n) is 11.8. The van der Waals surface area contributed by atoms with Gasteiger partial charge in [-0.1, -0.05) is 12.1 Å². The molecule has 0 radical (unpaired) electrons. The average Bonchev–Trinajstić information content (AvgIpc) is 2.47. The number of para-hydroxylation sites is 1. The molecule has 106 valence electrons. The van der Waals surface area contributed by atoms with Gasteiger partial charge in [0, 0.05) is 18.3 Å². The minimum atomic E-state index is 0.455. The highest BCUT2D eigenvalue weighted by molar-refractivity contribution is 5.52. The molecule has 0 aliphatic carbocycles. The Morgan fingerprint density at radius 3 is 2.20 bits per heavy atom. The number of benzene rings is 1. The van der Waals surface area contributed by atoms with Gasteiger partial charge >= 0.3 is 0 Å². The van der Waals surface area contributed by atoms with Crippen molar-refractivity contribution >= 4 is 0 Å². The van der Waals surface area contributed by atoms with Gasteiger partial charge < -0.3 is 19.9 Å². The summed E-state index contributed by atoms with van der Waals surface area (Å²) in [5.41, 5.74) is 7.46. The second-order valence-corrected chi connectivity index (χ2v) is 4.19. The summed E-state index contributed by atoms with van der Waals surface area (Å²) in [5, 5.41) is 0. The number of nitrogens with two attached hydrogens (primary N) is 1. The van der Waals surface area contributed by atoms with Crippen molar-refractivity contribution in [1.29, 1.82) is 0 Å². The quantitative estimate of drug-likeness (QED) is 0.908. The van der Waals surface area contributed by atoms with Crippen LogP contribution in [0.4, 0.5) is 0 Å². The third-order valence-corrected chi connectivity index (χ3v) is 2.98. The Bertz CT molecular complexity index is 577. The van der Waals surface area contributed by atoms with Crippen LogP contribution in [-0.2, 0) is 6.54 Å². The molecular formula is C15H18N2O3. The highest BCUT2D eigenvalue weighted by Gasteiger charge is 2.13. The molecule has 0 bridgehead atoms. The number of methoxy groups -OCH3 is 2. The third kappa shape index (κ3) is 2.83. The standard InChI is InChI=1S/C15H18N2O3/c1-10-11(9-16)7-8-14(17-10)20-15-12(18-2)5-4-6-13(15)19-3/h4-8H,9,16H2,1-3H3. The second-order valence-electron chi connectivity index (χ2n) is 4.19. The molecule has 2 rings (SSSR count). The van der Waals surface area contributed by atoms with E-state index in [-0.39, 0.29) is 0 Å². The van der Waals surface area contributed by atoms with Crippen molar-refractivity contribution in [2.45, 2.75) is 13.5 Å². The van der Waals surface area contributed by atoms with Gasteiger partial charge in [-0.05, 0) is 24.6 Å². The third-order valence-electron chi connectivity index (χ3n) is 2.98. The van der Waals surface area contributed by atoms with Crippen LogP contribution < -0.4 is 19.9 Å². The maximum Gasteiger partial charge on any atom is 0.219 e. The van der Waals surface area contributed by atoms with E-state index in [1.165, 1.54) is 0 Å². The summed E-state index contributed by atoms with van der Waals surface area (Å²) in [7, 11) is 3.16. The Morgan fingerprint density at radius 2 is 1.70 bits per heavy atom. The lowest BCUT2D eigenvalue weighted by Gasteiger charge is -2.14. The Hall–Kier alpha value is -2.27. The van der Waals surface area contributed by atoms with Crippen molar-refractivity contribution in [2.24, 2.45) is 5.73 Å². The van der Waals surface area contributed by atoms with Gasteiger partial charge in [-0.25, -0.2) is 4.98 Å². The minimum Gasteiger partial charge on any atom is -0.493 e. The van der Waals surface area contributed by atoms with E-state index in [4.69, 9.17) is 19.9 Å². The number of hydrogen-bond donors (Lipinski definition) is 1. The van der Waals surface area contributed by atoms with E-state index >= 15 is 0 Å². The van der Waals surface area contributed by atoms with E-state index in [1.54, 1.807) is 32.4 Å². The molecule has 2 N–H and O–H groups in total. The fraction of sp³-hybridized carbons (Fsp3) is 0.267. The van der Waals surface area contributed by atoms with Gasteiger partial charge in [-0.15, -0.1) is 0 Å². The molecule has 1 heterocycles. The van der Waals surface area contributed by atoms with E-state index in [2.05, 4.69) is 4.98 Å². The maximum absolute atomic E-state index is 5.80. The van der Waals surface area contributed by atoms with Gasteiger partial charge in [0.1, 0.15) is 0 Å². The molecule has 0 amide bonds. The van der Waals surface area contributed by atoms with Crippen molar-refractivity contribution in [1.82, 2.24) is 4.98 Å². The van der Waals surface area contributed by atoms with Crippen LogP contribution in [0.5, 0.6) is 23.1 Å². The van der Waals surface area contributed by atoms with E-state index in [0.29, 0.717) is 29.7 Å². The van der Waals surface area contributed by atoms with Crippen LogP contribution in [0.3, 0.4) is 0 Å². The molecule has 0 aliphatic rings. The summed E-state index contributed by atoms with van der Waals surface area (Å²) in [6.45, 7) is 2.35. The average molecular weight is 274 g/mol. The molecule has 0 saturated heterocycles. The molecule has 5 heteroatoms. The first-order valence-corrected chi connectivity index (χ1v) is 6.25. The summed E-state index contributed by atoms with van der Waals surface area (Å²) in [6.07, 6.45) is 0. The predicted molar refractivity (Wildman–Crippen MR) is 76.5 cm³/mol. The molecule has 2 aromatic rings. The van der Waals surface area contributed by atoms with Gasteiger partial charge in [0.15, 0.2) is 11.5 Å². The SMILES string of the molecule is COc1cccc(OC)c1Oc1ccc(CN)c(C)n1. The number of aryl methyl sites for hydroxylation is 1. The summed E-state index contributed by atoms with van der Waals surface area (Å²) < 4.78 is 16.4. The van der Waals surface area contributed by atoms with Crippen molar-refractivity contribution in [3.8, 4) is 23.1 Å². The van der Waals surface area contributed by atoms with Gasteiger partial charge in [0.2, 0.25) is 11.6 Å². The van der Waals surface area contributed by atoms with Crippen LogP contribution in [0.2, 0.25) is 0 Å². The molecule has 1 aromatic heterocycles. The van der Waals surface area contributed by atoms with Crippen LogP contribution in [-0.4, -0.2) is 19.2 Å². The normalized spacial score (nSPS) is 10.2. The molecule has 1 aromatic carbocycles. The van der Waals surface area contributed by atoms with Gasteiger partial charge in [0.25, 0.3) is 0 Å². The lowest BCUT2D eigenvalue weighted by atomic mass is 10.2. The summed E-state index contributed by atoms with van der Waals surface area (Å²) in [5.74, 6) is 2.16. The highest BCUT2D eigenvalue weighted by atomic mass is 16.5. The van der Waals surface area contributed by atoms with Crippen molar-refractivity contribution in [3.63, 3.8) is 0 Å². The Kier molecular flexibility index (Phi) is 4.42. The molecule has 20 heavy (non-hydrogen) atoms. The second kappa shape index (κ2) is 6.25. The Balaban J connectivity index is 2.36. The molecule has 0 unspecified atom stereocenters. The van der Waals surface area contributed by atoms with Crippen molar-refractivity contribution in [3.05, 3.63) is 41.6 Å². The zero-order valence-corrected chi connectivity index (χ0v) is 11.8. The molecule has 0 aliphatic heterocycles. The van der Waals surface area contributed by atoms with Gasteiger partial charge in [-0.3, -0.25) is 0 Å². The zero-order chi connectivity index (χ0) is 14.5. The molecular weight excluding hydrogens is 256 g/mol. The van der Waals surface area contributed by atoms with Gasteiger partial charge in [-0.2, -0.15) is 0 Å². The van der Waals surface area contributed by atoms with E-state index in [0.717, 1.165) is 11.3 Å². The van der Waals surface area contributed by atoms with E-state index in [1.807, 2.05) is 19.1 Å². The number of pyridine rings is 1. The summed E-state index contributed by atoms with van der Waals surface area (Å²) >= 11 is 0. The first kappa shape index (κ1) is 14.1. The van der Waals surface area contributed by atoms with Crippen molar-refractivity contribution in [2.75, 3.05) is 14.2 Å². The predicted octanol–water partition coefficient (Wildman–Crippen LogP) is 2.66. The first-order chi connectivity index (χ1) is 9.69. The Labute approximate surface area is 118 Å². The minimum absolute atomic E-state index is 0.455. The lowest BCUT2D eigenvalue weighted by Crippen LogP contribution is -2.02. The fourth-order valence-electron chi connectivity index (χ4n) is 1.86. The lowest BCUT2D eigenvalue weighted by molar-refractivity contribution is 0.341. The van der Waals surface area contributed by atoms with Gasteiger partial charge in [0.05, 0.1) is 14.2 Å². The monoisotopic (exact) mass is 274 g/mol. The molecule has 0 fully saturated rings. The first-order valence-electron chi connectivity index (χ1n) is 6.25. The number of aromatic nitrogens is 1.